The minimum absolute atomic E-state index is 0.0232. The van der Waals surface area contributed by atoms with E-state index in [0.717, 1.165) is 38.5 Å². The molecule has 488 valence electrons. The maximum absolute atomic E-state index is 12.5. The lowest BCUT2D eigenvalue weighted by Crippen LogP contribution is -2.45. The summed E-state index contributed by atoms with van der Waals surface area (Å²) < 4.78 is 5.50. The summed E-state index contributed by atoms with van der Waals surface area (Å²) >= 11 is 0. The first-order valence-corrected chi connectivity index (χ1v) is 38.0. The Morgan fingerprint density at radius 2 is 0.561 bits per heavy atom. The van der Waals surface area contributed by atoms with Crippen LogP contribution in [0.4, 0.5) is 0 Å². The summed E-state index contributed by atoms with van der Waals surface area (Å²) in [6.45, 7) is 4.96. The van der Waals surface area contributed by atoms with E-state index in [4.69, 9.17) is 4.74 Å². The lowest BCUT2D eigenvalue weighted by atomic mass is 10.0. The molecule has 0 aliphatic heterocycles. The quantitative estimate of drug-likeness (QED) is 0.0320. The first-order valence-electron chi connectivity index (χ1n) is 38.0. The van der Waals surface area contributed by atoms with Gasteiger partial charge in [0, 0.05) is 12.8 Å². The number of amides is 1. The normalized spacial score (nSPS) is 12.5. The summed E-state index contributed by atoms with van der Waals surface area (Å²) in [5.41, 5.74) is 0. The van der Waals surface area contributed by atoms with E-state index in [2.05, 4.69) is 19.2 Å². The van der Waals surface area contributed by atoms with Gasteiger partial charge in [-0.15, -0.1) is 0 Å². The van der Waals surface area contributed by atoms with Crippen LogP contribution in [0.1, 0.15) is 438 Å². The van der Waals surface area contributed by atoms with Gasteiger partial charge in [0.25, 0.3) is 0 Å². The number of aliphatic hydroxyl groups is 2. The van der Waals surface area contributed by atoms with Crippen LogP contribution in [-0.4, -0.2) is 47.4 Å². The van der Waals surface area contributed by atoms with Crippen molar-refractivity contribution in [1.29, 1.82) is 0 Å². The first kappa shape index (κ1) is 80.6. The minimum atomic E-state index is -0.842. The molecule has 6 heteroatoms. The second-order valence-corrected chi connectivity index (χ2v) is 26.4. The van der Waals surface area contributed by atoms with Crippen LogP contribution < -0.4 is 5.32 Å². The molecule has 1 amide bonds. The number of allylic oxidation sites excluding steroid dienone is 1. The Hall–Kier alpha value is -1.40. The summed E-state index contributed by atoms with van der Waals surface area (Å²) in [4.78, 5) is 24.6. The van der Waals surface area contributed by atoms with Crippen LogP contribution in [-0.2, 0) is 14.3 Å². The Balaban J connectivity index is 3.35. The molecule has 0 aliphatic carbocycles. The summed E-state index contributed by atoms with van der Waals surface area (Å²) in [7, 11) is 0. The fraction of sp³-hybridized carbons (Fsp3) is 0.947. The highest BCUT2D eigenvalue weighted by Gasteiger charge is 2.18. The molecule has 0 saturated carbocycles. The molecule has 0 aromatic rings. The van der Waals surface area contributed by atoms with E-state index in [1.807, 2.05) is 6.08 Å². The predicted molar refractivity (Wildman–Crippen MR) is 361 cm³/mol. The fourth-order valence-corrected chi connectivity index (χ4v) is 12.3. The van der Waals surface area contributed by atoms with Gasteiger partial charge in [0.05, 0.1) is 25.4 Å². The zero-order valence-electron chi connectivity index (χ0n) is 56.0. The van der Waals surface area contributed by atoms with Crippen LogP contribution in [0.3, 0.4) is 0 Å². The molecule has 0 spiro atoms. The number of aliphatic hydroxyl groups excluding tert-OH is 2. The number of carbonyl (C=O) groups excluding carboxylic acids is 2. The molecule has 2 unspecified atom stereocenters. The molecule has 0 rings (SSSR count). The lowest BCUT2D eigenvalue weighted by molar-refractivity contribution is -0.143. The van der Waals surface area contributed by atoms with Gasteiger partial charge in [-0.05, 0) is 32.1 Å². The number of unbranched alkanes of at least 4 members (excludes halogenated alkanes) is 61. The number of hydrogen-bond acceptors (Lipinski definition) is 5. The molecule has 0 aromatic heterocycles. The fourth-order valence-electron chi connectivity index (χ4n) is 12.3. The van der Waals surface area contributed by atoms with Gasteiger partial charge in [0.2, 0.25) is 5.91 Å². The topological polar surface area (TPSA) is 95.9 Å². The van der Waals surface area contributed by atoms with Gasteiger partial charge in [-0.2, -0.15) is 0 Å². The molecule has 82 heavy (non-hydrogen) atoms. The van der Waals surface area contributed by atoms with E-state index in [1.165, 1.54) is 372 Å². The molecule has 2 atom stereocenters. The van der Waals surface area contributed by atoms with Crippen LogP contribution in [0.2, 0.25) is 0 Å². The number of ether oxygens (including phenoxy) is 1. The second kappa shape index (κ2) is 72.1. The molecule has 0 aliphatic rings. The third-order valence-electron chi connectivity index (χ3n) is 18.1. The van der Waals surface area contributed by atoms with E-state index in [0.29, 0.717) is 19.4 Å². The van der Waals surface area contributed by atoms with E-state index in [9.17, 15) is 19.8 Å². The third-order valence-corrected chi connectivity index (χ3v) is 18.1. The van der Waals surface area contributed by atoms with Crippen molar-refractivity contribution >= 4 is 11.9 Å². The Morgan fingerprint density at radius 1 is 0.329 bits per heavy atom. The monoisotopic (exact) mass is 1160 g/mol. The van der Waals surface area contributed by atoms with E-state index >= 15 is 0 Å². The van der Waals surface area contributed by atoms with Crippen LogP contribution in [0.25, 0.3) is 0 Å². The highest BCUT2D eigenvalue weighted by molar-refractivity contribution is 5.76. The largest absolute Gasteiger partial charge is 0.466 e. The second-order valence-electron chi connectivity index (χ2n) is 26.4. The van der Waals surface area contributed by atoms with Gasteiger partial charge in [-0.3, -0.25) is 9.59 Å². The van der Waals surface area contributed by atoms with Crippen molar-refractivity contribution in [2.75, 3.05) is 13.2 Å². The van der Waals surface area contributed by atoms with Crippen LogP contribution in [0, 0.1) is 0 Å². The number of hydrogen-bond donors (Lipinski definition) is 3. The van der Waals surface area contributed by atoms with Gasteiger partial charge in [-0.25, -0.2) is 0 Å². The summed E-state index contributed by atoms with van der Waals surface area (Å²) in [6.07, 6.45) is 90.3. The number of esters is 1. The Kier molecular flexibility index (Phi) is 70.8. The molecule has 0 bridgehead atoms. The molecule has 0 radical (unpaired) electrons. The van der Waals surface area contributed by atoms with Crippen molar-refractivity contribution in [2.45, 2.75) is 450 Å². The van der Waals surface area contributed by atoms with Gasteiger partial charge >= 0.3 is 5.97 Å². The zero-order valence-corrected chi connectivity index (χ0v) is 56.0. The SMILES string of the molecule is CCCCCCCCCCCCCCCCCCCCC/C=C/C(O)C(CO)NC(=O)CCCCCCCCCCCCCCCCCCCCCCCCCCCCCCCCOC(=O)CCCCCCCCCCCCCCCC. The first-order chi connectivity index (χ1) is 40.5. The number of rotatable bonds is 72. The van der Waals surface area contributed by atoms with Crippen LogP contribution in [0.5, 0.6) is 0 Å². The van der Waals surface area contributed by atoms with E-state index in [1.54, 1.807) is 6.08 Å². The molecule has 0 fully saturated rings. The number of carbonyl (C=O) groups is 2. The molecule has 0 aromatic carbocycles. The van der Waals surface area contributed by atoms with Gasteiger partial charge in [0.1, 0.15) is 0 Å². The highest BCUT2D eigenvalue weighted by Crippen LogP contribution is 2.20. The smallest absolute Gasteiger partial charge is 0.305 e. The van der Waals surface area contributed by atoms with Gasteiger partial charge in [-0.1, -0.05) is 405 Å². The Morgan fingerprint density at radius 3 is 0.829 bits per heavy atom. The third kappa shape index (κ3) is 67.7. The molecule has 0 saturated heterocycles. The maximum atomic E-state index is 12.5. The summed E-state index contributed by atoms with van der Waals surface area (Å²) in [6, 6.07) is -0.625. The predicted octanol–water partition coefficient (Wildman–Crippen LogP) is 24.7. The van der Waals surface area contributed by atoms with Crippen molar-refractivity contribution in [2.24, 2.45) is 0 Å². The molecule has 6 nitrogen and oxygen atoms in total. The Bertz CT molecular complexity index is 1240. The maximum Gasteiger partial charge on any atom is 0.305 e. The van der Waals surface area contributed by atoms with Gasteiger partial charge in [0.15, 0.2) is 0 Å². The Labute approximate surface area is 514 Å². The van der Waals surface area contributed by atoms with E-state index in [-0.39, 0.29) is 18.5 Å². The molecular formula is C76H149NO5. The van der Waals surface area contributed by atoms with E-state index < -0.39 is 12.1 Å². The van der Waals surface area contributed by atoms with Crippen molar-refractivity contribution in [3.8, 4) is 0 Å². The average Bonchev–Trinajstić information content (AvgIpc) is 3.48. The van der Waals surface area contributed by atoms with Crippen molar-refractivity contribution in [3.05, 3.63) is 12.2 Å². The number of nitrogens with one attached hydrogen (secondary N) is 1. The van der Waals surface area contributed by atoms with Crippen molar-refractivity contribution < 1.29 is 24.5 Å². The van der Waals surface area contributed by atoms with Crippen molar-refractivity contribution in [3.63, 3.8) is 0 Å². The molecule has 0 heterocycles. The average molecular weight is 1160 g/mol. The zero-order chi connectivity index (χ0) is 59.2. The standard InChI is InChI=1S/C76H149NO5/c1-3-5-7-9-11-13-15-17-19-20-21-32-35-38-41-44-48-52-56-60-64-68-74(79)73(72-78)77-75(80)69-65-61-57-53-49-45-42-39-36-33-30-28-26-24-22-23-25-27-29-31-34-37-40-43-47-51-55-59-63-67-71-82-76(81)70-66-62-58-54-50-46-18-16-14-12-10-8-6-4-2/h64,68,73-74,78-79H,3-63,65-67,69-72H2,1-2H3,(H,77,80)/b68-64+. The van der Waals surface area contributed by atoms with Crippen LogP contribution >= 0.6 is 0 Å². The molecule has 3 N–H and O–H groups in total. The van der Waals surface area contributed by atoms with Crippen molar-refractivity contribution in [1.82, 2.24) is 5.32 Å². The van der Waals surface area contributed by atoms with Gasteiger partial charge < -0.3 is 20.3 Å². The summed E-state index contributed by atoms with van der Waals surface area (Å²) in [5.74, 6) is -0.0358. The lowest BCUT2D eigenvalue weighted by Gasteiger charge is -2.20. The summed E-state index contributed by atoms with van der Waals surface area (Å²) in [5, 5.41) is 23.3. The van der Waals surface area contributed by atoms with Crippen LogP contribution in [0.15, 0.2) is 12.2 Å². The molecular weight excluding hydrogens is 1010 g/mol. The highest BCUT2D eigenvalue weighted by atomic mass is 16.5. The minimum Gasteiger partial charge on any atom is -0.466 e.